The summed E-state index contributed by atoms with van der Waals surface area (Å²) in [5.74, 6) is 1.82. The average molecular weight is 437 g/mol. The zero-order chi connectivity index (χ0) is 22.5. The van der Waals surface area contributed by atoms with E-state index in [1.165, 1.54) is 6.07 Å². The van der Waals surface area contributed by atoms with Crippen molar-refractivity contribution < 1.29 is 23.6 Å². The van der Waals surface area contributed by atoms with Crippen LogP contribution in [0.2, 0.25) is 0 Å². The molecule has 1 saturated heterocycles. The third-order valence-electron chi connectivity index (χ3n) is 5.28. The van der Waals surface area contributed by atoms with Gasteiger partial charge in [0.1, 0.15) is 12.4 Å². The minimum Gasteiger partial charge on any atom is -0.493 e. The largest absolute Gasteiger partial charge is 0.493 e. The first kappa shape index (κ1) is 21.2. The highest BCUT2D eigenvalue weighted by Gasteiger charge is 2.25. The smallest absolute Gasteiger partial charge is 0.289 e. The molecule has 0 bridgehead atoms. The molecule has 166 valence electrons. The molecule has 32 heavy (non-hydrogen) atoms. The van der Waals surface area contributed by atoms with Crippen molar-refractivity contribution in [2.75, 3.05) is 38.2 Å². The zero-order valence-corrected chi connectivity index (χ0v) is 17.6. The summed E-state index contributed by atoms with van der Waals surface area (Å²) in [5, 5.41) is 11.0. The summed E-state index contributed by atoms with van der Waals surface area (Å²) in [6.45, 7) is 2.33. The lowest BCUT2D eigenvalue weighted by Gasteiger charge is -2.35. The van der Waals surface area contributed by atoms with Gasteiger partial charge in [-0.3, -0.25) is 14.9 Å². The predicted octanol–water partition coefficient (Wildman–Crippen LogP) is 3.74. The van der Waals surface area contributed by atoms with Crippen LogP contribution < -0.4 is 14.4 Å². The second-order valence-electron chi connectivity index (χ2n) is 7.26. The molecular weight excluding hydrogens is 414 g/mol. The summed E-state index contributed by atoms with van der Waals surface area (Å²) in [7, 11) is 1.57. The Morgan fingerprint density at radius 3 is 2.50 bits per heavy atom. The Morgan fingerprint density at radius 2 is 1.78 bits per heavy atom. The van der Waals surface area contributed by atoms with Gasteiger partial charge in [0.2, 0.25) is 0 Å². The van der Waals surface area contributed by atoms with E-state index in [-0.39, 0.29) is 24.0 Å². The number of amides is 1. The monoisotopic (exact) mass is 437 g/mol. The molecule has 0 spiro atoms. The van der Waals surface area contributed by atoms with Crippen LogP contribution in [0.4, 0.5) is 11.4 Å². The SMILES string of the molecule is COc1ccccc1OCc1ccc(C(=O)N2CCN(c3cccc([N+](=O)[O-])c3)CC2)o1. The normalized spacial score (nSPS) is 13.7. The Kier molecular flexibility index (Phi) is 6.25. The van der Waals surface area contributed by atoms with Crippen molar-refractivity contribution in [1.29, 1.82) is 0 Å². The molecule has 2 aromatic carbocycles. The molecule has 1 aliphatic heterocycles. The molecule has 1 aromatic heterocycles. The van der Waals surface area contributed by atoms with E-state index >= 15 is 0 Å². The van der Waals surface area contributed by atoms with Crippen LogP contribution in [0, 0.1) is 10.1 Å². The number of anilines is 1. The fraction of sp³-hybridized carbons (Fsp3) is 0.261. The van der Waals surface area contributed by atoms with E-state index in [0.717, 1.165) is 5.69 Å². The molecular formula is C23H23N3O6. The molecule has 2 heterocycles. The number of nitro benzene ring substituents is 1. The summed E-state index contributed by atoms with van der Waals surface area (Å²) < 4.78 is 16.7. The zero-order valence-electron chi connectivity index (χ0n) is 17.6. The minimum atomic E-state index is -0.407. The number of para-hydroxylation sites is 2. The van der Waals surface area contributed by atoms with Crippen molar-refractivity contribution in [2.24, 2.45) is 0 Å². The van der Waals surface area contributed by atoms with Crippen molar-refractivity contribution in [2.45, 2.75) is 6.61 Å². The van der Waals surface area contributed by atoms with Crippen molar-refractivity contribution in [3.63, 3.8) is 0 Å². The van der Waals surface area contributed by atoms with Crippen molar-refractivity contribution in [3.8, 4) is 11.5 Å². The van der Waals surface area contributed by atoms with Crippen molar-refractivity contribution in [1.82, 2.24) is 4.90 Å². The summed E-state index contributed by atoms with van der Waals surface area (Å²) in [4.78, 5) is 27.2. The summed E-state index contributed by atoms with van der Waals surface area (Å²) in [6.07, 6.45) is 0. The van der Waals surface area contributed by atoms with Gasteiger partial charge in [0.05, 0.1) is 12.0 Å². The summed E-state index contributed by atoms with van der Waals surface area (Å²) >= 11 is 0. The number of carbonyl (C=O) groups is 1. The molecule has 9 nitrogen and oxygen atoms in total. The number of hydrogen-bond donors (Lipinski definition) is 0. The van der Waals surface area contributed by atoms with E-state index in [1.807, 2.05) is 23.1 Å². The molecule has 1 fully saturated rings. The molecule has 0 radical (unpaired) electrons. The maximum atomic E-state index is 12.8. The first-order valence-electron chi connectivity index (χ1n) is 10.2. The van der Waals surface area contributed by atoms with Crippen LogP contribution >= 0.6 is 0 Å². The van der Waals surface area contributed by atoms with Gasteiger partial charge in [-0.1, -0.05) is 18.2 Å². The maximum absolute atomic E-state index is 12.8. The van der Waals surface area contributed by atoms with Crippen LogP contribution in [-0.2, 0) is 6.61 Å². The number of piperazine rings is 1. The fourth-order valence-corrected chi connectivity index (χ4v) is 3.58. The van der Waals surface area contributed by atoms with Gasteiger partial charge in [-0.15, -0.1) is 0 Å². The van der Waals surface area contributed by atoms with Gasteiger partial charge in [-0.25, -0.2) is 0 Å². The van der Waals surface area contributed by atoms with Gasteiger partial charge in [0.15, 0.2) is 17.3 Å². The van der Waals surface area contributed by atoms with Crippen LogP contribution in [0.25, 0.3) is 0 Å². The molecule has 0 aliphatic carbocycles. The Bertz CT molecular complexity index is 1100. The number of non-ortho nitro benzene ring substituents is 1. The van der Waals surface area contributed by atoms with Crippen molar-refractivity contribution in [3.05, 3.63) is 82.3 Å². The van der Waals surface area contributed by atoms with E-state index in [4.69, 9.17) is 13.9 Å². The molecule has 0 N–H and O–H groups in total. The third-order valence-corrected chi connectivity index (χ3v) is 5.28. The summed E-state index contributed by atoms with van der Waals surface area (Å²) in [5.41, 5.74) is 0.833. The van der Waals surface area contributed by atoms with Crippen LogP contribution in [-0.4, -0.2) is 49.0 Å². The van der Waals surface area contributed by atoms with Gasteiger partial charge in [-0.05, 0) is 30.3 Å². The fourth-order valence-electron chi connectivity index (χ4n) is 3.58. The van der Waals surface area contributed by atoms with Crippen LogP contribution in [0.5, 0.6) is 11.5 Å². The van der Waals surface area contributed by atoms with E-state index in [2.05, 4.69) is 0 Å². The highest BCUT2D eigenvalue weighted by molar-refractivity contribution is 5.91. The molecule has 9 heteroatoms. The third kappa shape index (κ3) is 4.66. The van der Waals surface area contributed by atoms with E-state index in [9.17, 15) is 14.9 Å². The topological polar surface area (TPSA) is 98.3 Å². The molecule has 0 unspecified atom stereocenters. The van der Waals surface area contributed by atoms with Crippen LogP contribution in [0.15, 0.2) is 65.1 Å². The Hall–Kier alpha value is -4.01. The van der Waals surface area contributed by atoms with Crippen LogP contribution in [0.1, 0.15) is 16.3 Å². The number of furan rings is 1. The maximum Gasteiger partial charge on any atom is 0.289 e. The lowest BCUT2D eigenvalue weighted by Crippen LogP contribution is -2.48. The molecule has 3 aromatic rings. The first-order chi connectivity index (χ1) is 15.5. The lowest BCUT2D eigenvalue weighted by molar-refractivity contribution is -0.384. The van der Waals surface area contributed by atoms with Crippen molar-refractivity contribution >= 4 is 17.3 Å². The number of rotatable bonds is 7. The van der Waals surface area contributed by atoms with Gasteiger partial charge < -0.3 is 23.7 Å². The van der Waals surface area contributed by atoms with E-state index < -0.39 is 4.92 Å². The number of nitrogens with zero attached hydrogens (tertiary/aromatic N) is 3. The number of nitro groups is 1. The number of methoxy groups -OCH3 is 1. The highest BCUT2D eigenvalue weighted by Crippen LogP contribution is 2.27. The first-order valence-corrected chi connectivity index (χ1v) is 10.2. The second-order valence-corrected chi connectivity index (χ2v) is 7.26. The average Bonchev–Trinajstić information content (AvgIpc) is 3.31. The molecule has 1 aliphatic rings. The van der Waals surface area contributed by atoms with E-state index in [1.54, 1.807) is 48.4 Å². The number of hydrogen-bond acceptors (Lipinski definition) is 7. The number of benzene rings is 2. The Labute approximate surface area is 184 Å². The number of carbonyl (C=O) groups excluding carboxylic acids is 1. The number of ether oxygens (including phenoxy) is 2. The molecule has 0 atom stereocenters. The quantitative estimate of drug-likeness (QED) is 0.410. The molecule has 1 amide bonds. The van der Waals surface area contributed by atoms with Crippen LogP contribution in [0.3, 0.4) is 0 Å². The van der Waals surface area contributed by atoms with Gasteiger partial charge in [-0.2, -0.15) is 0 Å². The molecule has 0 saturated carbocycles. The molecule has 4 rings (SSSR count). The van der Waals surface area contributed by atoms with Gasteiger partial charge in [0.25, 0.3) is 11.6 Å². The van der Waals surface area contributed by atoms with Gasteiger partial charge >= 0.3 is 0 Å². The minimum absolute atomic E-state index is 0.0551. The Balaban J connectivity index is 1.33. The summed E-state index contributed by atoms with van der Waals surface area (Å²) in [6, 6.07) is 17.2. The lowest BCUT2D eigenvalue weighted by atomic mass is 10.2. The van der Waals surface area contributed by atoms with Gasteiger partial charge in [0, 0.05) is 44.0 Å². The Morgan fingerprint density at radius 1 is 1.03 bits per heavy atom. The second kappa shape index (κ2) is 9.42. The van der Waals surface area contributed by atoms with E-state index in [0.29, 0.717) is 43.4 Å². The standard InChI is InChI=1S/C23H23N3O6/c1-30-20-7-2-3-8-21(20)31-16-19-9-10-22(32-19)23(27)25-13-11-24(12-14-25)17-5-4-6-18(15-17)26(28)29/h2-10,15H,11-14,16H2,1H3. The highest BCUT2D eigenvalue weighted by atomic mass is 16.6. The predicted molar refractivity (Wildman–Crippen MR) is 117 cm³/mol.